The second-order valence-corrected chi connectivity index (χ2v) is 4.00. The van der Waals surface area contributed by atoms with Crippen LogP contribution in [0.2, 0.25) is 5.02 Å². The van der Waals surface area contributed by atoms with E-state index in [2.05, 4.69) is 10.3 Å². The molecule has 0 saturated heterocycles. The van der Waals surface area contributed by atoms with Gasteiger partial charge in [-0.1, -0.05) is 11.6 Å². The summed E-state index contributed by atoms with van der Waals surface area (Å²) in [5.41, 5.74) is 1.01. The van der Waals surface area contributed by atoms with E-state index in [1.807, 2.05) is 0 Å². The quantitative estimate of drug-likeness (QED) is 0.797. The van der Waals surface area contributed by atoms with Crippen LogP contribution in [-0.2, 0) is 0 Å². The largest absolute Gasteiger partial charge is 0.478 e. The SMILES string of the molecule is O=C(O)c1ccc(NC(=O)c2cc(Cl)c[nH]2)cc1. The second-order valence-electron chi connectivity index (χ2n) is 3.57. The molecule has 1 heterocycles. The number of hydrogen-bond acceptors (Lipinski definition) is 2. The Kier molecular flexibility index (Phi) is 3.34. The van der Waals surface area contributed by atoms with Gasteiger partial charge in [0, 0.05) is 11.9 Å². The molecular formula is C12H9ClN2O3. The summed E-state index contributed by atoms with van der Waals surface area (Å²) in [6, 6.07) is 7.37. The summed E-state index contributed by atoms with van der Waals surface area (Å²) in [4.78, 5) is 25.1. The van der Waals surface area contributed by atoms with Crippen LogP contribution in [0.25, 0.3) is 0 Å². The van der Waals surface area contributed by atoms with Gasteiger partial charge in [0.05, 0.1) is 10.6 Å². The zero-order valence-electron chi connectivity index (χ0n) is 9.11. The summed E-state index contributed by atoms with van der Waals surface area (Å²) in [5.74, 6) is -1.35. The predicted molar refractivity (Wildman–Crippen MR) is 67.2 cm³/mol. The van der Waals surface area contributed by atoms with Gasteiger partial charge in [-0.15, -0.1) is 0 Å². The van der Waals surface area contributed by atoms with E-state index < -0.39 is 5.97 Å². The Morgan fingerprint density at radius 2 is 1.89 bits per heavy atom. The number of hydrogen-bond donors (Lipinski definition) is 3. The molecule has 1 amide bonds. The van der Waals surface area contributed by atoms with Gasteiger partial charge in [0.1, 0.15) is 5.69 Å². The molecule has 0 unspecified atom stereocenters. The third-order valence-electron chi connectivity index (χ3n) is 2.28. The molecule has 2 rings (SSSR count). The van der Waals surface area contributed by atoms with Gasteiger partial charge in [0.15, 0.2) is 0 Å². The van der Waals surface area contributed by atoms with Crippen molar-refractivity contribution in [2.24, 2.45) is 0 Å². The third-order valence-corrected chi connectivity index (χ3v) is 2.50. The number of anilines is 1. The van der Waals surface area contributed by atoms with Crippen molar-refractivity contribution in [3.05, 3.63) is 52.8 Å². The van der Waals surface area contributed by atoms with Crippen LogP contribution in [-0.4, -0.2) is 22.0 Å². The molecule has 0 aliphatic rings. The second kappa shape index (κ2) is 4.93. The fourth-order valence-corrected chi connectivity index (χ4v) is 1.56. The molecule has 0 saturated carbocycles. The molecule has 0 radical (unpaired) electrons. The molecular weight excluding hydrogens is 256 g/mol. The highest BCUT2D eigenvalue weighted by atomic mass is 35.5. The smallest absolute Gasteiger partial charge is 0.335 e. The number of aromatic nitrogens is 1. The maximum Gasteiger partial charge on any atom is 0.335 e. The molecule has 92 valence electrons. The van der Waals surface area contributed by atoms with Crippen molar-refractivity contribution in [2.45, 2.75) is 0 Å². The van der Waals surface area contributed by atoms with Gasteiger partial charge in [0.25, 0.3) is 5.91 Å². The lowest BCUT2D eigenvalue weighted by molar-refractivity contribution is 0.0696. The summed E-state index contributed by atoms with van der Waals surface area (Å²) in [5, 5.41) is 11.8. The maximum absolute atomic E-state index is 11.7. The summed E-state index contributed by atoms with van der Waals surface area (Å²) >= 11 is 5.69. The van der Waals surface area contributed by atoms with E-state index in [1.54, 1.807) is 0 Å². The van der Waals surface area contributed by atoms with Gasteiger partial charge in [-0.25, -0.2) is 4.79 Å². The fraction of sp³-hybridized carbons (Fsp3) is 0. The van der Waals surface area contributed by atoms with Crippen LogP contribution >= 0.6 is 11.6 Å². The first-order chi connectivity index (χ1) is 8.56. The molecule has 0 aliphatic carbocycles. The number of carboxylic acids is 1. The minimum Gasteiger partial charge on any atom is -0.478 e. The van der Waals surface area contributed by atoms with E-state index in [-0.39, 0.29) is 11.5 Å². The molecule has 0 bridgehead atoms. The number of H-pyrrole nitrogens is 1. The minimum absolute atomic E-state index is 0.163. The van der Waals surface area contributed by atoms with E-state index in [4.69, 9.17) is 16.7 Å². The minimum atomic E-state index is -1.01. The Labute approximate surface area is 107 Å². The topological polar surface area (TPSA) is 82.2 Å². The number of halogens is 1. The van der Waals surface area contributed by atoms with Crippen LogP contribution in [0.5, 0.6) is 0 Å². The van der Waals surface area contributed by atoms with E-state index in [9.17, 15) is 9.59 Å². The number of benzene rings is 1. The molecule has 18 heavy (non-hydrogen) atoms. The third kappa shape index (κ3) is 2.70. The van der Waals surface area contributed by atoms with Gasteiger partial charge >= 0.3 is 5.97 Å². The Balaban J connectivity index is 2.10. The zero-order valence-corrected chi connectivity index (χ0v) is 9.86. The van der Waals surface area contributed by atoms with Crippen LogP contribution in [0, 0.1) is 0 Å². The lowest BCUT2D eigenvalue weighted by Crippen LogP contribution is -2.12. The predicted octanol–water partition coefficient (Wildman–Crippen LogP) is 2.62. The van der Waals surface area contributed by atoms with Crippen molar-refractivity contribution in [3.63, 3.8) is 0 Å². The molecule has 3 N–H and O–H groups in total. The Hall–Kier alpha value is -2.27. The number of amides is 1. The normalized spacial score (nSPS) is 10.1. The van der Waals surface area contributed by atoms with Crippen molar-refractivity contribution < 1.29 is 14.7 Å². The molecule has 6 heteroatoms. The van der Waals surface area contributed by atoms with Crippen LogP contribution in [0.4, 0.5) is 5.69 Å². The lowest BCUT2D eigenvalue weighted by atomic mass is 10.2. The number of carbonyl (C=O) groups is 2. The average Bonchev–Trinajstić information content (AvgIpc) is 2.76. The summed E-state index contributed by atoms with van der Waals surface area (Å²) < 4.78 is 0. The molecule has 0 atom stereocenters. The number of rotatable bonds is 3. The first-order valence-electron chi connectivity index (χ1n) is 5.05. The van der Waals surface area contributed by atoms with Gasteiger partial charge in [-0.3, -0.25) is 4.79 Å². The lowest BCUT2D eigenvalue weighted by Gasteiger charge is -2.03. The van der Waals surface area contributed by atoms with Crippen molar-refractivity contribution in [1.82, 2.24) is 4.98 Å². The highest BCUT2D eigenvalue weighted by Gasteiger charge is 2.09. The Morgan fingerprint density at radius 3 is 2.39 bits per heavy atom. The van der Waals surface area contributed by atoms with Crippen LogP contribution in [0.1, 0.15) is 20.8 Å². The molecule has 1 aromatic heterocycles. The van der Waals surface area contributed by atoms with E-state index in [0.29, 0.717) is 16.4 Å². The number of nitrogens with one attached hydrogen (secondary N) is 2. The monoisotopic (exact) mass is 264 g/mol. The number of carbonyl (C=O) groups excluding carboxylic acids is 1. The van der Waals surface area contributed by atoms with Crippen LogP contribution in [0.15, 0.2) is 36.5 Å². The first kappa shape index (κ1) is 12.2. The van der Waals surface area contributed by atoms with E-state index in [1.165, 1.54) is 36.5 Å². The van der Waals surface area contributed by atoms with E-state index in [0.717, 1.165) is 0 Å². The number of aromatic amines is 1. The molecule has 0 aliphatic heterocycles. The highest BCUT2D eigenvalue weighted by molar-refractivity contribution is 6.31. The van der Waals surface area contributed by atoms with Crippen molar-refractivity contribution in [1.29, 1.82) is 0 Å². The number of aromatic carboxylic acids is 1. The van der Waals surface area contributed by atoms with Crippen molar-refractivity contribution in [3.8, 4) is 0 Å². The van der Waals surface area contributed by atoms with Gasteiger partial charge in [-0.2, -0.15) is 0 Å². The summed E-state index contributed by atoms with van der Waals surface area (Å²) in [6.45, 7) is 0. The van der Waals surface area contributed by atoms with Gasteiger partial charge in [0.2, 0.25) is 0 Å². The molecule has 5 nitrogen and oxygen atoms in total. The van der Waals surface area contributed by atoms with Gasteiger partial charge < -0.3 is 15.4 Å². The summed E-state index contributed by atoms with van der Waals surface area (Å²) in [6.07, 6.45) is 1.50. The van der Waals surface area contributed by atoms with Crippen molar-refractivity contribution in [2.75, 3.05) is 5.32 Å². The Morgan fingerprint density at radius 1 is 1.22 bits per heavy atom. The van der Waals surface area contributed by atoms with Crippen molar-refractivity contribution >= 4 is 29.2 Å². The average molecular weight is 265 g/mol. The number of carboxylic acid groups (broad SMARTS) is 1. The fourth-order valence-electron chi connectivity index (χ4n) is 1.39. The zero-order chi connectivity index (χ0) is 13.1. The van der Waals surface area contributed by atoms with E-state index >= 15 is 0 Å². The van der Waals surface area contributed by atoms with Crippen LogP contribution < -0.4 is 5.32 Å². The molecule has 0 fully saturated rings. The maximum atomic E-state index is 11.7. The molecule has 2 aromatic rings. The molecule has 0 spiro atoms. The first-order valence-corrected chi connectivity index (χ1v) is 5.42. The standard InChI is InChI=1S/C12H9ClN2O3/c13-8-5-10(14-6-8)11(16)15-9-3-1-7(2-4-9)12(17)18/h1-6,14H,(H,15,16)(H,17,18). The molecule has 1 aromatic carbocycles. The Bertz CT molecular complexity index is 590. The summed E-state index contributed by atoms with van der Waals surface area (Å²) in [7, 11) is 0. The highest BCUT2D eigenvalue weighted by Crippen LogP contribution is 2.13. The van der Waals surface area contributed by atoms with Crippen LogP contribution in [0.3, 0.4) is 0 Å². The van der Waals surface area contributed by atoms with Gasteiger partial charge in [-0.05, 0) is 30.3 Å².